The van der Waals surface area contributed by atoms with Crippen molar-refractivity contribution in [2.45, 2.75) is 47.2 Å². The van der Waals surface area contributed by atoms with Crippen LogP contribution in [0.2, 0.25) is 0 Å². The lowest BCUT2D eigenvalue weighted by Gasteiger charge is -2.17. The number of nitrogens with zero attached hydrogens (tertiary/aromatic N) is 1. The van der Waals surface area contributed by atoms with Crippen molar-refractivity contribution in [3.05, 3.63) is 33.2 Å². The Morgan fingerprint density at radius 3 is 2.46 bits per heavy atom. The highest BCUT2D eigenvalue weighted by atomic mass is 16.2. The molecule has 1 rings (SSSR count). The van der Waals surface area contributed by atoms with Gasteiger partial charge in [0.2, 0.25) is 5.91 Å². The molecule has 1 aromatic heterocycles. The lowest BCUT2D eigenvalue weighted by molar-refractivity contribution is -0.122. The summed E-state index contributed by atoms with van der Waals surface area (Å²) in [6.45, 7) is 11.0. The first-order valence-corrected chi connectivity index (χ1v) is 8.27. The van der Waals surface area contributed by atoms with Crippen molar-refractivity contribution >= 4 is 11.8 Å². The van der Waals surface area contributed by atoms with Crippen molar-refractivity contribution in [1.29, 1.82) is 0 Å². The number of aryl methyl sites for hydroxylation is 1. The lowest BCUT2D eigenvalue weighted by atomic mass is 10.1. The van der Waals surface area contributed by atoms with Crippen LogP contribution in [-0.4, -0.2) is 42.1 Å². The zero-order valence-electron chi connectivity index (χ0n) is 15.2. The normalized spacial score (nSPS) is 10.8. The second-order valence-corrected chi connectivity index (χ2v) is 6.04. The Morgan fingerprint density at radius 1 is 1.21 bits per heavy atom. The maximum atomic E-state index is 12.4. The summed E-state index contributed by atoms with van der Waals surface area (Å²) in [6.07, 6.45) is 0. The third-order valence-electron chi connectivity index (χ3n) is 3.58. The van der Waals surface area contributed by atoms with Crippen molar-refractivity contribution in [3.8, 4) is 0 Å². The van der Waals surface area contributed by atoms with Crippen molar-refractivity contribution < 1.29 is 9.59 Å². The molecule has 1 aromatic rings. The molecule has 0 spiro atoms. The van der Waals surface area contributed by atoms with Crippen molar-refractivity contribution in [2.24, 2.45) is 0 Å². The predicted octanol–water partition coefficient (Wildman–Crippen LogP) is 0.329. The van der Waals surface area contributed by atoms with E-state index in [2.05, 4.69) is 16.0 Å². The maximum Gasteiger partial charge on any atom is 0.253 e. The molecule has 0 aliphatic carbocycles. The topological polar surface area (TPSA) is 92.2 Å². The number of rotatable bonds is 8. The van der Waals surface area contributed by atoms with Crippen molar-refractivity contribution in [1.82, 2.24) is 20.5 Å². The number of hydrogen-bond donors (Lipinski definition) is 3. The Balaban J connectivity index is 3.01. The number of aromatic nitrogens is 1. The number of pyridine rings is 1. The smallest absolute Gasteiger partial charge is 0.253 e. The van der Waals surface area contributed by atoms with Crippen LogP contribution in [0.5, 0.6) is 0 Å². The first-order chi connectivity index (χ1) is 11.3. The quantitative estimate of drug-likeness (QED) is 0.597. The van der Waals surface area contributed by atoms with Crippen LogP contribution in [-0.2, 0) is 11.3 Å². The molecule has 7 nitrogen and oxygen atoms in total. The van der Waals surface area contributed by atoms with E-state index in [9.17, 15) is 14.4 Å². The molecule has 2 amide bonds. The van der Waals surface area contributed by atoms with Crippen LogP contribution in [0.4, 0.5) is 0 Å². The Hall–Kier alpha value is -2.15. The summed E-state index contributed by atoms with van der Waals surface area (Å²) in [5.41, 5.74) is 1.27. The van der Waals surface area contributed by atoms with Gasteiger partial charge in [-0.25, -0.2) is 0 Å². The second kappa shape index (κ2) is 9.22. The minimum Gasteiger partial charge on any atom is -0.352 e. The van der Waals surface area contributed by atoms with Gasteiger partial charge in [0.25, 0.3) is 11.5 Å². The van der Waals surface area contributed by atoms with E-state index in [1.165, 1.54) is 10.6 Å². The summed E-state index contributed by atoms with van der Waals surface area (Å²) in [5, 5.41) is 8.71. The first-order valence-electron chi connectivity index (χ1n) is 8.27. The minimum absolute atomic E-state index is 0.00667. The fraction of sp³-hybridized carbons (Fsp3) is 0.588. The van der Waals surface area contributed by atoms with Crippen LogP contribution in [0.3, 0.4) is 0 Å². The van der Waals surface area contributed by atoms with Crippen LogP contribution >= 0.6 is 0 Å². The number of carbonyl (C=O) groups excluding carboxylic acids is 2. The van der Waals surface area contributed by atoms with Gasteiger partial charge in [0.15, 0.2) is 0 Å². The van der Waals surface area contributed by atoms with Crippen molar-refractivity contribution in [3.63, 3.8) is 0 Å². The minimum atomic E-state index is -0.284. The molecule has 0 saturated carbocycles. The van der Waals surface area contributed by atoms with Gasteiger partial charge in [0.1, 0.15) is 6.54 Å². The molecule has 7 heteroatoms. The number of nitrogens with one attached hydrogen (secondary N) is 3. The third kappa shape index (κ3) is 5.49. The molecule has 0 radical (unpaired) electrons. The summed E-state index contributed by atoms with van der Waals surface area (Å²) in [7, 11) is 0. The average molecular weight is 336 g/mol. The first kappa shape index (κ1) is 19.9. The third-order valence-corrected chi connectivity index (χ3v) is 3.58. The zero-order chi connectivity index (χ0) is 18.3. The summed E-state index contributed by atoms with van der Waals surface area (Å²) < 4.78 is 1.34. The zero-order valence-corrected chi connectivity index (χ0v) is 15.2. The molecule has 0 aliphatic rings. The fourth-order valence-corrected chi connectivity index (χ4v) is 2.50. The largest absolute Gasteiger partial charge is 0.352 e. The molecule has 0 bridgehead atoms. The van der Waals surface area contributed by atoms with E-state index < -0.39 is 0 Å². The summed E-state index contributed by atoms with van der Waals surface area (Å²) in [6, 6.07) is 1.39. The summed E-state index contributed by atoms with van der Waals surface area (Å²) in [5.74, 6) is -0.488. The van der Waals surface area contributed by atoms with E-state index in [1.54, 1.807) is 13.8 Å². The molecule has 24 heavy (non-hydrogen) atoms. The molecule has 0 atom stereocenters. The summed E-state index contributed by atoms with van der Waals surface area (Å²) in [4.78, 5) is 36.6. The number of hydrogen-bond acceptors (Lipinski definition) is 4. The molecule has 0 unspecified atom stereocenters. The predicted molar refractivity (Wildman–Crippen MR) is 94.3 cm³/mol. The van der Waals surface area contributed by atoms with E-state index in [4.69, 9.17) is 0 Å². The Morgan fingerprint density at radius 2 is 1.88 bits per heavy atom. The second-order valence-electron chi connectivity index (χ2n) is 6.04. The van der Waals surface area contributed by atoms with E-state index in [0.717, 1.165) is 6.54 Å². The highest BCUT2D eigenvalue weighted by Gasteiger charge is 2.18. The molecule has 1 heterocycles. The lowest BCUT2D eigenvalue weighted by Crippen LogP contribution is -2.38. The Kier molecular flexibility index (Phi) is 7.64. The van der Waals surface area contributed by atoms with E-state index >= 15 is 0 Å². The Labute approximate surface area is 142 Å². The van der Waals surface area contributed by atoms with Crippen LogP contribution in [0, 0.1) is 13.8 Å². The number of carbonyl (C=O) groups is 2. The van der Waals surface area contributed by atoms with Crippen LogP contribution in [0.25, 0.3) is 0 Å². The number of amides is 2. The van der Waals surface area contributed by atoms with Gasteiger partial charge in [-0.1, -0.05) is 6.92 Å². The fourth-order valence-electron chi connectivity index (χ4n) is 2.50. The van der Waals surface area contributed by atoms with Gasteiger partial charge in [0.05, 0.1) is 5.56 Å². The van der Waals surface area contributed by atoms with Gasteiger partial charge in [-0.3, -0.25) is 14.4 Å². The molecule has 3 N–H and O–H groups in total. The number of likely N-dealkylation sites (N-methyl/N-ethyl adjacent to an activating group) is 1. The van der Waals surface area contributed by atoms with Gasteiger partial charge >= 0.3 is 0 Å². The molecular formula is C17H28N4O3. The van der Waals surface area contributed by atoms with E-state index in [1.807, 2.05) is 20.8 Å². The Bertz CT molecular complexity index is 650. The monoisotopic (exact) mass is 336 g/mol. The highest BCUT2D eigenvalue weighted by molar-refractivity contribution is 5.96. The molecule has 0 fully saturated rings. The van der Waals surface area contributed by atoms with Crippen LogP contribution in [0.15, 0.2) is 10.9 Å². The highest BCUT2D eigenvalue weighted by Crippen LogP contribution is 2.11. The van der Waals surface area contributed by atoms with Gasteiger partial charge in [-0.05, 0) is 39.8 Å². The standard InChI is InChI=1S/C17H28N4O3/c1-6-18-7-8-19-17(24)16-12(4)9-15(23)21(13(16)5)10-14(22)20-11(2)3/h9,11,18H,6-8,10H2,1-5H3,(H,19,24)(H,20,22). The van der Waals surface area contributed by atoms with Gasteiger partial charge in [-0.15, -0.1) is 0 Å². The molecule has 0 aliphatic heterocycles. The van der Waals surface area contributed by atoms with Crippen molar-refractivity contribution in [2.75, 3.05) is 19.6 Å². The van der Waals surface area contributed by atoms with Gasteiger partial charge in [-0.2, -0.15) is 0 Å². The SMILES string of the molecule is CCNCCNC(=O)c1c(C)cc(=O)n(CC(=O)NC(C)C)c1C. The maximum absolute atomic E-state index is 12.4. The average Bonchev–Trinajstić information content (AvgIpc) is 2.47. The van der Waals surface area contributed by atoms with Gasteiger partial charge in [0, 0.05) is 30.9 Å². The van der Waals surface area contributed by atoms with E-state index in [-0.39, 0.29) is 30.0 Å². The molecule has 0 aromatic carbocycles. The summed E-state index contributed by atoms with van der Waals surface area (Å²) >= 11 is 0. The molecule has 134 valence electrons. The molecule has 0 saturated heterocycles. The van der Waals surface area contributed by atoms with Crippen LogP contribution < -0.4 is 21.5 Å². The van der Waals surface area contributed by atoms with Gasteiger partial charge < -0.3 is 20.5 Å². The van der Waals surface area contributed by atoms with Crippen LogP contribution in [0.1, 0.15) is 42.4 Å². The molecular weight excluding hydrogens is 308 g/mol. The van der Waals surface area contributed by atoms with E-state index in [0.29, 0.717) is 29.9 Å².